The number of para-hydroxylation sites is 2. The zero-order valence-corrected chi connectivity index (χ0v) is 14.2. The average Bonchev–Trinajstić information content (AvgIpc) is 3.17. The van der Waals surface area contributed by atoms with Crippen molar-refractivity contribution in [1.82, 2.24) is 9.63 Å². The molecule has 0 saturated carbocycles. The van der Waals surface area contributed by atoms with Gasteiger partial charge in [-0.3, -0.25) is 14.2 Å². The lowest BCUT2D eigenvalue weighted by molar-refractivity contribution is -0.127. The van der Waals surface area contributed by atoms with Gasteiger partial charge in [0.2, 0.25) is 11.7 Å². The Labute approximate surface area is 150 Å². The molecule has 1 aromatic heterocycles. The van der Waals surface area contributed by atoms with Gasteiger partial charge in [-0.1, -0.05) is 36.4 Å². The molecule has 1 aliphatic heterocycles. The van der Waals surface area contributed by atoms with Crippen molar-refractivity contribution in [1.29, 1.82) is 0 Å². The van der Waals surface area contributed by atoms with Crippen LogP contribution >= 0.6 is 0 Å². The Bertz CT molecular complexity index is 1020. The molecule has 130 valence electrons. The predicted octanol–water partition coefficient (Wildman–Crippen LogP) is 3.22. The second-order valence-electron chi connectivity index (χ2n) is 6.03. The van der Waals surface area contributed by atoms with Crippen molar-refractivity contribution >= 4 is 34.3 Å². The minimum atomic E-state index is -0.410. The van der Waals surface area contributed by atoms with Crippen molar-refractivity contribution in [2.75, 3.05) is 12.4 Å². The summed E-state index contributed by atoms with van der Waals surface area (Å²) in [5, 5.41) is 5.32. The van der Waals surface area contributed by atoms with Crippen LogP contribution in [0.1, 0.15) is 18.2 Å². The summed E-state index contributed by atoms with van der Waals surface area (Å²) in [6, 6.07) is 18.6. The number of hydroxylamine groups is 2. The summed E-state index contributed by atoms with van der Waals surface area (Å²) < 4.78 is 1.80. The second-order valence-corrected chi connectivity index (χ2v) is 6.03. The van der Waals surface area contributed by atoms with Gasteiger partial charge in [0.05, 0.1) is 24.7 Å². The summed E-state index contributed by atoms with van der Waals surface area (Å²) in [5.41, 5.74) is 2.44. The minimum Gasteiger partial charge on any atom is -0.326 e. The second kappa shape index (κ2) is 6.52. The number of nitrogens with one attached hydrogen (secondary N) is 1. The van der Waals surface area contributed by atoms with Crippen LogP contribution in [0.15, 0.2) is 60.7 Å². The minimum absolute atomic E-state index is 0.143. The molecule has 26 heavy (non-hydrogen) atoms. The number of carbonyl (C=O) groups excluding carboxylic acids is 2. The Kier molecular flexibility index (Phi) is 4.05. The molecular formula is C20H17N3O3. The number of nitrogens with zero attached hydrogens (tertiary/aromatic N) is 2. The van der Waals surface area contributed by atoms with Crippen molar-refractivity contribution in [3.05, 3.63) is 66.4 Å². The maximum atomic E-state index is 12.5. The van der Waals surface area contributed by atoms with Gasteiger partial charge in [0.15, 0.2) is 5.94 Å². The van der Waals surface area contributed by atoms with Gasteiger partial charge in [-0.15, -0.1) is 0 Å². The number of carbonyl (C=O) groups is 1. The highest BCUT2D eigenvalue weighted by Crippen LogP contribution is 2.41. The van der Waals surface area contributed by atoms with Crippen LogP contribution < -0.4 is 5.32 Å². The highest BCUT2D eigenvalue weighted by molar-refractivity contribution is 5.94. The van der Waals surface area contributed by atoms with Gasteiger partial charge in [-0.2, -0.15) is 0 Å². The van der Waals surface area contributed by atoms with E-state index in [1.807, 2.05) is 66.6 Å². The van der Waals surface area contributed by atoms with Crippen molar-refractivity contribution < 1.29 is 14.4 Å². The van der Waals surface area contributed by atoms with Crippen LogP contribution in [0.3, 0.4) is 0 Å². The van der Waals surface area contributed by atoms with Gasteiger partial charge in [0.1, 0.15) is 6.04 Å². The summed E-state index contributed by atoms with van der Waals surface area (Å²) in [7, 11) is 1.48. The number of amides is 1. The molecule has 0 radical (unpaired) electrons. The van der Waals surface area contributed by atoms with E-state index < -0.39 is 6.04 Å². The van der Waals surface area contributed by atoms with E-state index in [0.717, 1.165) is 22.3 Å². The van der Waals surface area contributed by atoms with E-state index >= 15 is 0 Å². The van der Waals surface area contributed by atoms with E-state index in [1.165, 1.54) is 12.2 Å². The van der Waals surface area contributed by atoms with Crippen molar-refractivity contribution in [3.8, 4) is 0 Å². The normalized spacial score (nSPS) is 15.8. The fraction of sp³-hybridized carbons (Fsp3) is 0.150. The molecule has 2 aromatic carbocycles. The molecule has 1 amide bonds. The van der Waals surface area contributed by atoms with Gasteiger partial charge < -0.3 is 5.32 Å². The molecule has 0 saturated heterocycles. The van der Waals surface area contributed by atoms with E-state index in [2.05, 4.69) is 5.32 Å². The molecule has 1 N–H and O–H groups in total. The molecular weight excluding hydrogens is 330 g/mol. The summed E-state index contributed by atoms with van der Waals surface area (Å²) in [6.45, 7) is 0. The van der Waals surface area contributed by atoms with E-state index in [0.29, 0.717) is 0 Å². The van der Waals surface area contributed by atoms with Crippen LogP contribution in [0.5, 0.6) is 0 Å². The zero-order chi connectivity index (χ0) is 18.1. The van der Waals surface area contributed by atoms with Crippen molar-refractivity contribution in [2.45, 2.75) is 12.5 Å². The molecule has 0 spiro atoms. The number of fused-ring (bicyclic) bond motifs is 3. The van der Waals surface area contributed by atoms with Crippen LogP contribution in [-0.4, -0.2) is 28.6 Å². The SMILES string of the molecule is CON1C(=C=O)n2c(cc3ccccc32)C1CC(=O)Nc1ccccc1. The monoisotopic (exact) mass is 347 g/mol. The largest absolute Gasteiger partial charge is 0.326 e. The first-order valence-electron chi connectivity index (χ1n) is 8.27. The summed E-state index contributed by atoms with van der Waals surface area (Å²) in [4.78, 5) is 29.5. The smallest absolute Gasteiger partial charge is 0.226 e. The molecule has 1 unspecified atom stereocenters. The van der Waals surface area contributed by atoms with E-state index in [9.17, 15) is 9.59 Å². The fourth-order valence-corrected chi connectivity index (χ4v) is 3.43. The summed E-state index contributed by atoms with van der Waals surface area (Å²) in [5.74, 6) is 2.04. The molecule has 6 heteroatoms. The zero-order valence-electron chi connectivity index (χ0n) is 14.2. The van der Waals surface area contributed by atoms with E-state index in [1.54, 1.807) is 4.57 Å². The highest BCUT2D eigenvalue weighted by atomic mass is 16.7. The molecule has 3 aromatic rings. The Hall–Kier alpha value is -3.34. The number of aromatic nitrogens is 1. The molecule has 0 fully saturated rings. The van der Waals surface area contributed by atoms with Crippen LogP contribution in [0.2, 0.25) is 0 Å². The predicted molar refractivity (Wildman–Crippen MR) is 98.6 cm³/mol. The topological polar surface area (TPSA) is 63.6 Å². The standard InChI is InChI=1S/C20H17N3O3/c1-26-23-18(12-19(25)21-15-8-3-2-4-9-15)17-11-14-7-5-6-10-16(14)22(17)20(23)13-24/h2-11,18H,12H2,1H3,(H,21,25). The van der Waals surface area contributed by atoms with Crippen LogP contribution in [0, 0.1) is 0 Å². The van der Waals surface area contributed by atoms with E-state index in [-0.39, 0.29) is 18.1 Å². The Morgan fingerprint density at radius 2 is 1.88 bits per heavy atom. The first kappa shape index (κ1) is 16.1. The Morgan fingerprint density at radius 1 is 1.15 bits per heavy atom. The number of anilines is 1. The van der Waals surface area contributed by atoms with Crippen LogP contribution in [0.25, 0.3) is 16.7 Å². The third kappa shape index (κ3) is 2.58. The fourth-order valence-electron chi connectivity index (χ4n) is 3.43. The molecule has 0 aliphatic carbocycles. The first-order valence-corrected chi connectivity index (χ1v) is 8.27. The molecule has 1 aliphatic rings. The molecule has 1 atom stereocenters. The molecule has 6 nitrogen and oxygen atoms in total. The van der Waals surface area contributed by atoms with Gasteiger partial charge in [-0.25, -0.2) is 9.86 Å². The maximum absolute atomic E-state index is 12.5. The van der Waals surface area contributed by atoms with Crippen LogP contribution in [0.4, 0.5) is 5.69 Å². The summed E-state index contributed by atoms with van der Waals surface area (Å²) in [6.07, 6.45) is 0.143. The number of hydrogen-bond donors (Lipinski definition) is 1. The summed E-state index contributed by atoms with van der Waals surface area (Å²) >= 11 is 0. The third-order valence-electron chi connectivity index (χ3n) is 4.51. The average molecular weight is 347 g/mol. The Balaban J connectivity index is 1.69. The highest BCUT2D eigenvalue weighted by Gasteiger charge is 2.38. The number of rotatable bonds is 4. The van der Waals surface area contributed by atoms with Gasteiger partial charge in [-0.05, 0) is 24.3 Å². The maximum Gasteiger partial charge on any atom is 0.226 e. The first-order chi connectivity index (χ1) is 12.7. The van der Waals surface area contributed by atoms with Gasteiger partial charge >= 0.3 is 0 Å². The number of benzene rings is 2. The quantitative estimate of drug-likeness (QED) is 0.736. The third-order valence-corrected chi connectivity index (χ3v) is 4.51. The molecule has 2 heterocycles. The van der Waals surface area contributed by atoms with Gasteiger partial charge in [0.25, 0.3) is 0 Å². The van der Waals surface area contributed by atoms with E-state index in [4.69, 9.17) is 4.84 Å². The van der Waals surface area contributed by atoms with Crippen molar-refractivity contribution in [2.24, 2.45) is 0 Å². The van der Waals surface area contributed by atoms with Crippen molar-refractivity contribution in [3.63, 3.8) is 0 Å². The van der Waals surface area contributed by atoms with Gasteiger partial charge in [0, 0.05) is 11.1 Å². The Morgan fingerprint density at radius 3 is 2.62 bits per heavy atom. The lowest BCUT2D eigenvalue weighted by atomic mass is 10.1. The lowest BCUT2D eigenvalue weighted by Gasteiger charge is -2.22. The molecule has 4 rings (SSSR count). The van der Waals surface area contributed by atoms with Crippen LogP contribution in [-0.2, 0) is 14.4 Å². The number of hydrogen-bond acceptors (Lipinski definition) is 4. The molecule has 0 bridgehead atoms. The lowest BCUT2D eigenvalue weighted by Crippen LogP contribution is -2.25.